The molecule has 0 fully saturated rings. The molecule has 0 unspecified atom stereocenters. The van der Waals surface area contributed by atoms with Gasteiger partial charge in [-0.3, -0.25) is 9.67 Å². The van der Waals surface area contributed by atoms with Crippen LogP contribution in [0.5, 0.6) is 17.4 Å². The van der Waals surface area contributed by atoms with E-state index in [-0.39, 0.29) is 0 Å². The smallest absolute Gasteiger partial charge is 0.219 e. The van der Waals surface area contributed by atoms with Crippen LogP contribution in [0.1, 0.15) is 23.4 Å². The first kappa shape index (κ1) is 22.1. The number of hydrogen-bond acceptors (Lipinski definition) is 5. The maximum atomic E-state index is 5.78. The molecule has 3 rings (SSSR count). The van der Waals surface area contributed by atoms with Crippen molar-refractivity contribution in [2.24, 2.45) is 4.99 Å². The standard InChI is InChI=1S/C23H30N6O2/c1-17-13-18(2)29(28-17)12-6-11-25-23(24-3)27-16-19-9-10-22(26-15-19)31-21-8-5-7-20(14-21)30-4/h5,7-10,13-15H,6,11-12,16H2,1-4H3,(H2,24,25,27). The summed E-state index contributed by atoms with van der Waals surface area (Å²) in [6.07, 6.45) is 2.75. The van der Waals surface area contributed by atoms with Gasteiger partial charge in [-0.25, -0.2) is 4.98 Å². The average Bonchev–Trinajstić information content (AvgIpc) is 3.11. The summed E-state index contributed by atoms with van der Waals surface area (Å²) in [5.74, 6) is 2.71. The van der Waals surface area contributed by atoms with Crippen LogP contribution in [-0.4, -0.2) is 41.4 Å². The number of aromatic nitrogens is 3. The van der Waals surface area contributed by atoms with Crippen LogP contribution in [0, 0.1) is 13.8 Å². The minimum absolute atomic E-state index is 0.531. The van der Waals surface area contributed by atoms with Crippen LogP contribution in [0.25, 0.3) is 0 Å². The molecule has 0 radical (unpaired) electrons. The molecule has 8 heteroatoms. The maximum Gasteiger partial charge on any atom is 0.219 e. The molecule has 3 aromatic rings. The van der Waals surface area contributed by atoms with Crippen molar-refractivity contribution in [3.05, 3.63) is 65.6 Å². The fraction of sp³-hybridized carbons (Fsp3) is 0.348. The molecule has 31 heavy (non-hydrogen) atoms. The van der Waals surface area contributed by atoms with Crippen molar-refractivity contribution in [1.82, 2.24) is 25.4 Å². The summed E-state index contributed by atoms with van der Waals surface area (Å²) in [5.41, 5.74) is 3.27. The second-order valence-electron chi connectivity index (χ2n) is 7.14. The molecule has 0 aliphatic rings. The number of pyridine rings is 1. The maximum absolute atomic E-state index is 5.78. The van der Waals surface area contributed by atoms with Crippen LogP contribution in [0.3, 0.4) is 0 Å². The SMILES string of the molecule is CN=C(NCCCn1nc(C)cc1C)NCc1ccc(Oc2cccc(OC)c2)nc1. The van der Waals surface area contributed by atoms with E-state index in [0.717, 1.165) is 42.5 Å². The van der Waals surface area contributed by atoms with Crippen molar-refractivity contribution >= 4 is 5.96 Å². The molecule has 0 atom stereocenters. The molecular formula is C23H30N6O2. The molecule has 0 bridgehead atoms. The van der Waals surface area contributed by atoms with Gasteiger partial charge in [0.2, 0.25) is 5.88 Å². The highest BCUT2D eigenvalue weighted by molar-refractivity contribution is 5.79. The summed E-state index contributed by atoms with van der Waals surface area (Å²) in [6.45, 7) is 6.39. The molecule has 8 nitrogen and oxygen atoms in total. The third kappa shape index (κ3) is 6.74. The van der Waals surface area contributed by atoms with Crippen molar-refractivity contribution in [3.63, 3.8) is 0 Å². The van der Waals surface area contributed by atoms with E-state index in [9.17, 15) is 0 Å². The molecule has 2 N–H and O–H groups in total. The Hall–Kier alpha value is -3.55. The lowest BCUT2D eigenvalue weighted by molar-refractivity contribution is 0.407. The van der Waals surface area contributed by atoms with Crippen molar-refractivity contribution < 1.29 is 9.47 Å². The molecule has 0 spiro atoms. The van der Waals surface area contributed by atoms with Gasteiger partial charge in [0, 0.05) is 50.7 Å². The number of methoxy groups -OCH3 is 1. The van der Waals surface area contributed by atoms with Gasteiger partial charge in [0.15, 0.2) is 5.96 Å². The highest BCUT2D eigenvalue weighted by Crippen LogP contribution is 2.23. The van der Waals surface area contributed by atoms with Crippen LogP contribution in [0.15, 0.2) is 53.7 Å². The Morgan fingerprint density at radius 3 is 2.61 bits per heavy atom. The van der Waals surface area contributed by atoms with Crippen molar-refractivity contribution in [2.75, 3.05) is 20.7 Å². The zero-order chi connectivity index (χ0) is 22.1. The lowest BCUT2D eigenvalue weighted by Crippen LogP contribution is -2.37. The Morgan fingerprint density at radius 2 is 1.94 bits per heavy atom. The molecule has 0 aliphatic heterocycles. The Morgan fingerprint density at radius 1 is 1.10 bits per heavy atom. The molecule has 2 aromatic heterocycles. The number of benzene rings is 1. The van der Waals surface area contributed by atoms with Crippen LogP contribution in [0.2, 0.25) is 0 Å². The lowest BCUT2D eigenvalue weighted by Gasteiger charge is -2.12. The molecule has 2 heterocycles. The molecule has 0 amide bonds. The van der Waals surface area contributed by atoms with Gasteiger partial charge in [-0.2, -0.15) is 5.10 Å². The molecule has 164 valence electrons. The first-order valence-electron chi connectivity index (χ1n) is 10.3. The van der Waals surface area contributed by atoms with Gasteiger partial charge < -0.3 is 20.1 Å². The predicted molar refractivity (Wildman–Crippen MR) is 122 cm³/mol. The second-order valence-corrected chi connectivity index (χ2v) is 7.14. The molecular weight excluding hydrogens is 392 g/mol. The number of aliphatic imine (C=N–C) groups is 1. The zero-order valence-electron chi connectivity index (χ0n) is 18.6. The Labute approximate surface area is 183 Å². The average molecular weight is 423 g/mol. The third-order valence-corrected chi connectivity index (χ3v) is 4.69. The quantitative estimate of drug-likeness (QED) is 0.312. The largest absolute Gasteiger partial charge is 0.497 e. The van der Waals surface area contributed by atoms with Gasteiger partial charge in [0.25, 0.3) is 0 Å². The highest BCUT2D eigenvalue weighted by atomic mass is 16.5. The van der Waals surface area contributed by atoms with Gasteiger partial charge in [0.05, 0.1) is 12.8 Å². The summed E-state index contributed by atoms with van der Waals surface area (Å²) in [6, 6.07) is 13.4. The monoisotopic (exact) mass is 422 g/mol. The van der Waals surface area contributed by atoms with E-state index in [1.807, 2.05) is 48.0 Å². The number of hydrogen-bond donors (Lipinski definition) is 2. The first-order valence-corrected chi connectivity index (χ1v) is 10.3. The minimum Gasteiger partial charge on any atom is -0.497 e. The van der Waals surface area contributed by atoms with Gasteiger partial charge in [0.1, 0.15) is 11.5 Å². The van der Waals surface area contributed by atoms with E-state index < -0.39 is 0 Å². The van der Waals surface area contributed by atoms with Gasteiger partial charge in [-0.1, -0.05) is 12.1 Å². The second kappa shape index (κ2) is 11.0. The predicted octanol–water partition coefficient (Wildman–Crippen LogP) is 3.45. The number of nitrogens with zero attached hydrogens (tertiary/aromatic N) is 4. The van der Waals surface area contributed by atoms with E-state index in [1.54, 1.807) is 20.4 Å². The molecule has 0 aliphatic carbocycles. The van der Waals surface area contributed by atoms with E-state index in [1.165, 1.54) is 5.69 Å². The summed E-state index contributed by atoms with van der Waals surface area (Å²) >= 11 is 0. The first-order chi connectivity index (χ1) is 15.1. The van der Waals surface area contributed by atoms with E-state index in [2.05, 4.69) is 38.7 Å². The summed E-state index contributed by atoms with van der Waals surface area (Å²) in [5, 5.41) is 11.1. The van der Waals surface area contributed by atoms with E-state index >= 15 is 0 Å². The topological polar surface area (TPSA) is 85.6 Å². The zero-order valence-corrected chi connectivity index (χ0v) is 18.6. The fourth-order valence-electron chi connectivity index (χ4n) is 3.10. The minimum atomic E-state index is 0.531. The number of nitrogens with one attached hydrogen (secondary N) is 2. The van der Waals surface area contributed by atoms with E-state index in [0.29, 0.717) is 18.2 Å². The van der Waals surface area contributed by atoms with Crippen LogP contribution in [0.4, 0.5) is 0 Å². The van der Waals surface area contributed by atoms with Crippen LogP contribution >= 0.6 is 0 Å². The van der Waals surface area contributed by atoms with E-state index in [4.69, 9.17) is 9.47 Å². The van der Waals surface area contributed by atoms with Gasteiger partial charge >= 0.3 is 0 Å². The van der Waals surface area contributed by atoms with Crippen LogP contribution < -0.4 is 20.1 Å². The molecule has 1 aromatic carbocycles. The Balaban J connectivity index is 1.42. The normalized spacial score (nSPS) is 11.3. The van der Waals surface area contributed by atoms with Crippen molar-refractivity contribution in [1.29, 1.82) is 0 Å². The lowest BCUT2D eigenvalue weighted by atomic mass is 10.3. The molecule has 0 saturated heterocycles. The summed E-state index contributed by atoms with van der Waals surface area (Å²) < 4.78 is 13.0. The van der Waals surface area contributed by atoms with Gasteiger partial charge in [-0.15, -0.1) is 0 Å². The molecule has 0 saturated carbocycles. The number of ether oxygens (including phenoxy) is 2. The number of guanidine groups is 1. The van der Waals surface area contributed by atoms with Crippen molar-refractivity contribution in [3.8, 4) is 17.4 Å². The van der Waals surface area contributed by atoms with Crippen molar-refractivity contribution in [2.45, 2.75) is 33.4 Å². The summed E-state index contributed by atoms with van der Waals surface area (Å²) in [4.78, 5) is 8.65. The number of rotatable bonds is 9. The van der Waals surface area contributed by atoms with Crippen LogP contribution in [-0.2, 0) is 13.1 Å². The Kier molecular flexibility index (Phi) is 7.86. The number of aryl methyl sites for hydroxylation is 3. The summed E-state index contributed by atoms with van der Waals surface area (Å²) in [7, 11) is 3.39. The highest BCUT2D eigenvalue weighted by Gasteiger charge is 2.04. The van der Waals surface area contributed by atoms with Gasteiger partial charge in [-0.05, 0) is 44.0 Å². The Bertz CT molecular complexity index is 998. The fourth-order valence-corrected chi connectivity index (χ4v) is 3.10. The third-order valence-electron chi connectivity index (χ3n) is 4.69.